The first-order valence-corrected chi connectivity index (χ1v) is 7.45. The molecule has 108 valence electrons. The summed E-state index contributed by atoms with van der Waals surface area (Å²) in [4.78, 5) is 4.81. The second-order valence-electron chi connectivity index (χ2n) is 5.40. The molecule has 0 amide bonds. The van der Waals surface area contributed by atoms with E-state index < -0.39 is 0 Å². The van der Waals surface area contributed by atoms with Gasteiger partial charge in [0.1, 0.15) is 5.82 Å². The number of hydrogen-bond acceptors (Lipinski definition) is 2. The van der Waals surface area contributed by atoms with Crippen LogP contribution in [0, 0.1) is 6.92 Å². The maximum Gasteiger partial charge on any atom is 0.114 e. The van der Waals surface area contributed by atoms with Crippen molar-refractivity contribution < 1.29 is 0 Å². The molecule has 1 heterocycles. The van der Waals surface area contributed by atoms with E-state index in [0.29, 0.717) is 6.54 Å². The van der Waals surface area contributed by atoms with E-state index in [0.717, 1.165) is 24.3 Å². The van der Waals surface area contributed by atoms with Crippen LogP contribution in [0.2, 0.25) is 0 Å². The van der Waals surface area contributed by atoms with E-state index in [1.165, 1.54) is 22.2 Å². The number of rotatable bonds is 4. The summed E-state index contributed by atoms with van der Waals surface area (Å²) in [6, 6.07) is 14.8. The van der Waals surface area contributed by atoms with Crippen LogP contribution in [-0.2, 0) is 19.5 Å². The van der Waals surface area contributed by atoms with Gasteiger partial charge in [0.25, 0.3) is 0 Å². The van der Waals surface area contributed by atoms with Gasteiger partial charge in [0.05, 0.1) is 11.0 Å². The van der Waals surface area contributed by atoms with Crippen LogP contribution in [0.3, 0.4) is 0 Å². The third-order valence-corrected chi connectivity index (χ3v) is 4.05. The van der Waals surface area contributed by atoms with E-state index >= 15 is 0 Å². The van der Waals surface area contributed by atoms with Crippen molar-refractivity contribution >= 4 is 11.0 Å². The van der Waals surface area contributed by atoms with Crippen molar-refractivity contribution in [3.8, 4) is 0 Å². The van der Waals surface area contributed by atoms with Crippen LogP contribution in [0.4, 0.5) is 0 Å². The third-order valence-electron chi connectivity index (χ3n) is 4.05. The minimum atomic E-state index is 0.581. The van der Waals surface area contributed by atoms with Crippen LogP contribution in [-0.4, -0.2) is 9.55 Å². The highest BCUT2D eigenvalue weighted by Gasteiger charge is 2.11. The molecule has 21 heavy (non-hydrogen) atoms. The van der Waals surface area contributed by atoms with Crippen molar-refractivity contribution in [2.45, 2.75) is 33.4 Å². The molecule has 0 saturated carbocycles. The van der Waals surface area contributed by atoms with Crippen LogP contribution in [0.25, 0.3) is 11.0 Å². The first-order valence-electron chi connectivity index (χ1n) is 7.45. The average molecular weight is 279 g/mol. The van der Waals surface area contributed by atoms with Gasteiger partial charge in [-0.1, -0.05) is 30.3 Å². The quantitative estimate of drug-likeness (QED) is 0.795. The monoisotopic (exact) mass is 279 g/mol. The molecular formula is C18H21N3. The number of fused-ring (bicyclic) bond motifs is 1. The van der Waals surface area contributed by atoms with Gasteiger partial charge in [-0.25, -0.2) is 4.98 Å². The zero-order chi connectivity index (χ0) is 14.8. The molecule has 3 aromatic rings. The normalized spacial score (nSPS) is 11.2. The number of aryl methyl sites for hydroxylation is 2. The molecule has 0 spiro atoms. The largest absolute Gasteiger partial charge is 0.328 e. The number of nitrogens with zero attached hydrogens (tertiary/aromatic N) is 2. The topological polar surface area (TPSA) is 43.8 Å². The maximum atomic E-state index is 5.76. The van der Waals surface area contributed by atoms with E-state index in [-0.39, 0.29) is 0 Å². The van der Waals surface area contributed by atoms with Gasteiger partial charge < -0.3 is 10.3 Å². The molecule has 0 aliphatic carbocycles. The number of nitrogens with two attached hydrogens (primary N) is 1. The molecule has 3 nitrogen and oxygen atoms in total. The lowest BCUT2D eigenvalue weighted by Crippen LogP contribution is -2.05. The predicted molar refractivity (Wildman–Crippen MR) is 87.3 cm³/mol. The third kappa shape index (κ3) is 2.57. The number of imidazole rings is 1. The van der Waals surface area contributed by atoms with Crippen molar-refractivity contribution in [2.75, 3.05) is 0 Å². The Hall–Kier alpha value is -2.13. The van der Waals surface area contributed by atoms with Gasteiger partial charge in [-0.2, -0.15) is 0 Å². The Morgan fingerprint density at radius 3 is 2.71 bits per heavy atom. The lowest BCUT2D eigenvalue weighted by Gasteiger charge is -2.10. The highest BCUT2D eigenvalue weighted by atomic mass is 15.1. The Balaban J connectivity index is 2.05. The van der Waals surface area contributed by atoms with Crippen LogP contribution in [0.1, 0.15) is 29.4 Å². The molecule has 3 heteroatoms. The second-order valence-corrected chi connectivity index (χ2v) is 5.40. The standard InChI is InChI=1S/C18H21N3/c1-3-21-17-7-5-4-6-16(17)20-18(21)11-15-10-14(12-19)9-8-13(15)2/h4-10H,3,11-12,19H2,1-2H3. The lowest BCUT2D eigenvalue weighted by atomic mass is 10.0. The molecule has 1 aromatic heterocycles. The summed E-state index contributed by atoms with van der Waals surface area (Å²) < 4.78 is 2.30. The van der Waals surface area contributed by atoms with Gasteiger partial charge in [-0.15, -0.1) is 0 Å². The number of hydrogen-bond donors (Lipinski definition) is 1. The molecule has 0 aliphatic heterocycles. The van der Waals surface area contributed by atoms with Gasteiger partial charge >= 0.3 is 0 Å². The number of aromatic nitrogens is 2. The fourth-order valence-electron chi connectivity index (χ4n) is 2.83. The molecule has 0 atom stereocenters. The number of para-hydroxylation sites is 2. The highest BCUT2D eigenvalue weighted by molar-refractivity contribution is 5.76. The van der Waals surface area contributed by atoms with Gasteiger partial charge in [0, 0.05) is 19.5 Å². The summed E-state index contributed by atoms with van der Waals surface area (Å²) in [5.41, 5.74) is 11.8. The van der Waals surface area contributed by atoms with E-state index in [9.17, 15) is 0 Å². The minimum Gasteiger partial charge on any atom is -0.328 e. The van der Waals surface area contributed by atoms with Crippen LogP contribution >= 0.6 is 0 Å². The molecule has 2 N–H and O–H groups in total. The van der Waals surface area contributed by atoms with Crippen molar-refractivity contribution in [3.05, 3.63) is 65.0 Å². The number of benzene rings is 2. The SMILES string of the molecule is CCn1c(Cc2cc(CN)ccc2C)nc2ccccc21. The van der Waals surface area contributed by atoms with Crippen molar-refractivity contribution in [2.24, 2.45) is 5.73 Å². The van der Waals surface area contributed by atoms with Crippen LogP contribution < -0.4 is 5.73 Å². The van der Waals surface area contributed by atoms with Crippen molar-refractivity contribution in [1.29, 1.82) is 0 Å². The molecule has 0 unspecified atom stereocenters. The summed E-state index contributed by atoms with van der Waals surface area (Å²) in [7, 11) is 0. The van der Waals surface area contributed by atoms with E-state index in [4.69, 9.17) is 10.7 Å². The van der Waals surface area contributed by atoms with Gasteiger partial charge in [-0.3, -0.25) is 0 Å². The molecule has 0 bridgehead atoms. The summed E-state index contributed by atoms with van der Waals surface area (Å²) in [5.74, 6) is 1.12. The Labute approximate surface area is 125 Å². The van der Waals surface area contributed by atoms with Gasteiger partial charge in [0.15, 0.2) is 0 Å². The van der Waals surface area contributed by atoms with Crippen molar-refractivity contribution in [1.82, 2.24) is 9.55 Å². The first-order chi connectivity index (χ1) is 10.2. The second kappa shape index (κ2) is 5.70. The average Bonchev–Trinajstić information content (AvgIpc) is 2.86. The van der Waals surface area contributed by atoms with Crippen LogP contribution in [0.15, 0.2) is 42.5 Å². The van der Waals surface area contributed by atoms with E-state index in [1.54, 1.807) is 0 Å². The molecule has 3 rings (SSSR count). The van der Waals surface area contributed by atoms with Gasteiger partial charge in [0.2, 0.25) is 0 Å². The smallest absolute Gasteiger partial charge is 0.114 e. The predicted octanol–water partition coefficient (Wildman–Crippen LogP) is 3.41. The molecule has 0 radical (unpaired) electrons. The maximum absolute atomic E-state index is 5.76. The summed E-state index contributed by atoms with van der Waals surface area (Å²) in [6.45, 7) is 5.83. The molecule has 0 saturated heterocycles. The first kappa shape index (κ1) is 13.8. The van der Waals surface area contributed by atoms with Crippen molar-refractivity contribution in [3.63, 3.8) is 0 Å². The Morgan fingerprint density at radius 1 is 1.14 bits per heavy atom. The molecular weight excluding hydrogens is 258 g/mol. The fraction of sp³-hybridized carbons (Fsp3) is 0.278. The summed E-state index contributed by atoms with van der Waals surface area (Å²) in [5, 5.41) is 0. The zero-order valence-electron chi connectivity index (χ0n) is 12.6. The van der Waals surface area contributed by atoms with E-state index in [2.05, 4.69) is 54.8 Å². The van der Waals surface area contributed by atoms with Gasteiger partial charge in [-0.05, 0) is 42.7 Å². The zero-order valence-corrected chi connectivity index (χ0v) is 12.6. The molecule has 0 fully saturated rings. The molecule has 0 aliphatic rings. The Morgan fingerprint density at radius 2 is 1.95 bits per heavy atom. The highest BCUT2D eigenvalue weighted by Crippen LogP contribution is 2.20. The van der Waals surface area contributed by atoms with E-state index in [1.807, 2.05) is 6.07 Å². The Kier molecular flexibility index (Phi) is 3.76. The molecule has 2 aromatic carbocycles. The fourth-order valence-corrected chi connectivity index (χ4v) is 2.83. The summed E-state index contributed by atoms with van der Waals surface area (Å²) >= 11 is 0. The summed E-state index contributed by atoms with van der Waals surface area (Å²) in [6.07, 6.45) is 0.849. The van der Waals surface area contributed by atoms with Crippen LogP contribution in [0.5, 0.6) is 0 Å². The Bertz CT molecular complexity index is 771. The lowest BCUT2D eigenvalue weighted by molar-refractivity contribution is 0.732. The minimum absolute atomic E-state index is 0.581.